The Morgan fingerprint density at radius 1 is 0.760 bits per heavy atom. The topological polar surface area (TPSA) is 35.5 Å². The van der Waals surface area contributed by atoms with Crippen molar-refractivity contribution in [1.29, 1.82) is 0 Å². The molecule has 2 aliphatic rings. The van der Waals surface area contributed by atoms with E-state index in [0.29, 0.717) is 33.8 Å². The Morgan fingerprint density at radius 2 is 1.36 bits per heavy atom. The van der Waals surface area contributed by atoms with Gasteiger partial charge in [0.1, 0.15) is 23.1 Å². The van der Waals surface area contributed by atoms with Gasteiger partial charge in [-0.15, -0.1) is 0 Å². The average Bonchev–Trinajstić information content (AvgIpc) is 2.91. The van der Waals surface area contributed by atoms with Crippen molar-refractivity contribution in [3.8, 4) is 11.5 Å². The van der Waals surface area contributed by atoms with Gasteiger partial charge in [0.15, 0.2) is 5.60 Å². The summed E-state index contributed by atoms with van der Waals surface area (Å²) in [5, 5.41) is 0. The van der Waals surface area contributed by atoms with Gasteiger partial charge >= 0.3 is 5.97 Å². The first kappa shape index (κ1) is 14.2. The summed E-state index contributed by atoms with van der Waals surface area (Å²) in [6, 6.07) is 14.9. The summed E-state index contributed by atoms with van der Waals surface area (Å²) in [5.41, 5.74) is 0.158. The number of hydrogen-bond donors (Lipinski definition) is 0. The van der Waals surface area contributed by atoms with Gasteiger partial charge in [-0.2, -0.15) is 0 Å². The van der Waals surface area contributed by atoms with E-state index in [2.05, 4.69) is 0 Å². The Bertz CT molecular complexity index is 1010. The second kappa shape index (κ2) is 4.66. The van der Waals surface area contributed by atoms with Crippen LogP contribution in [0.5, 0.6) is 11.5 Å². The van der Waals surface area contributed by atoms with E-state index in [1.807, 2.05) is 0 Å². The summed E-state index contributed by atoms with van der Waals surface area (Å²) in [6.45, 7) is 0. The molecule has 3 nitrogen and oxygen atoms in total. The Kier molecular flexibility index (Phi) is 2.64. The normalized spacial score (nSPS) is 15.8. The van der Waals surface area contributed by atoms with Gasteiger partial charge in [0.25, 0.3) is 0 Å². The molecule has 1 spiro atoms. The second-order valence-corrected chi connectivity index (χ2v) is 6.00. The minimum Gasteiger partial charge on any atom is -0.456 e. The zero-order chi connectivity index (χ0) is 17.2. The summed E-state index contributed by atoms with van der Waals surface area (Å²) in [4.78, 5) is 12.5. The number of fused-ring (bicyclic) bond motifs is 6. The number of benzene rings is 3. The van der Waals surface area contributed by atoms with Crippen molar-refractivity contribution in [3.05, 3.63) is 94.6 Å². The molecule has 0 saturated carbocycles. The standard InChI is InChI=1S/C20H10F2O3/c21-11-5-7-17-15(9-11)20(16-10-12(22)6-8-18(16)24-17)14-4-2-1-3-13(14)19(23)25-20/h1-10H. The van der Waals surface area contributed by atoms with Gasteiger partial charge in [0, 0.05) is 5.56 Å². The van der Waals surface area contributed by atoms with Gasteiger partial charge in [0.05, 0.1) is 16.7 Å². The number of carbonyl (C=O) groups is 1. The zero-order valence-electron chi connectivity index (χ0n) is 12.8. The number of rotatable bonds is 0. The minimum atomic E-state index is -1.43. The average molecular weight is 336 g/mol. The van der Waals surface area contributed by atoms with E-state index in [1.54, 1.807) is 24.3 Å². The van der Waals surface area contributed by atoms with Gasteiger partial charge in [-0.3, -0.25) is 0 Å². The smallest absolute Gasteiger partial charge is 0.340 e. The van der Waals surface area contributed by atoms with Crippen molar-refractivity contribution in [2.45, 2.75) is 5.60 Å². The van der Waals surface area contributed by atoms with Gasteiger partial charge in [-0.1, -0.05) is 18.2 Å². The van der Waals surface area contributed by atoms with E-state index >= 15 is 0 Å². The lowest BCUT2D eigenvalue weighted by Gasteiger charge is -2.36. The van der Waals surface area contributed by atoms with Crippen LogP contribution in [-0.2, 0) is 10.3 Å². The first-order valence-electron chi connectivity index (χ1n) is 7.70. The maximum atomic E-state index is 14.0. The van der Waals surface area contributed by atoms with Crippen molar-refractivity contribution in [3.63, 3.8) is 0 Å². The number of hydrogen-bond acceptors (Lipinski definition) is 3. The monoisotopic (exact) mass is 336 g/mol. The summed E-state index contributed by atoms with van der Waals surface area (Å²) < 4.78 is 39.5. The number of esters is 1. The van der Waals surface area contributed by atoms with Gasteiger partial charge in [-0.05, 0) is 42.5 Å². The fourth-order valence-electron chi connectivity index (χ4n) is 3.61. The molecule has 0 radical (unpaired) electrons. The van der Waals surface area contributed by atoms with Crippen LogP contribution in [0.1, 0.15) is 27.0 Å². The molecule has 5 heteroatoms. The first-order valence-corrected chi connectivity index (χ1v) is 7.70. The van der Waals surface area contributed by atoms with Crippen molar-refractivity contribution in [2.24, 2.45) is 0 Å². The van der Waals surface area contributed by atoms with Crippen LogP contribution in [0, 0.1) is 11.6 Å². The largest absolute Gasteiger partial charge is 0.456 e. The van der Waals surface area contributed by atoms with Gasteiger partial charge in [0.2, 0.25) is 0 Å². The Labute approximate surface area is 141 Å². The third-order valence-electron chi connectivity index (χ3n) is 4.63. The summed E-state index contributed by atoms with van der Waals surface area (Å²) in [5.74, 6) is -0.804. The van der Waals surface area contributed by atoms with Gasteiger partial charge < -0.3 is 9.47 Å². The van der Waals surface area contributed by atoms with Crippen molar-refractivity contribution >= 4 is 5.97 Å². The highest BCUT2D eigenvalue weighted by Crippen LogP contribution is 2.56. The highest BCUT2D eigenvalue weighted by Gasteiger charge is 2.53. The highest BCUT2D eigenvalue weighted by molar-refractivity contribution is 5.97. The summed E-state index contributed by atoms with van der Waals surface area (Å²) in [6.07, 6.45) is 0. The van der Waals surface area contributed by atoms with Crippen LogP contribution in [0.3, 0.4) is 0 Å². The predicted octanol–water partition coefficient (Wildman–Crippen LogP) is 4.53. The Morgan fingerprint density at radius 3 is 2.00 bits per heavy atom. The zero-order valence-corrected chi connectivity index (χ0v) is 12.8. The molecule has 0 fully saturated rings. The van der Waals surface area contributed by atoms with Crippen LogP contribution >= 0.6 is 0 Å². The molecular weight excluding hydrogens is 326 g/mol. The van der Waals surface area contributed by atoms with E-state index in [-0.39, 0.29) is 0 Å². The van der Waals surface area contributed by atoms with Crippen LogP contribution in [0.15, 0.2) is 60.7 Å². The van der Waals surface area contributed by atoms with Gasteiger partial charge in [-0.25, -0.2) is 13.6 Å². The number of ether oxygens (including phenoxy) is 2. The molecule has 122 valence electrons. The van der Waals surface area contributed by atoms with Crippen LogP contribution in [0.4, 0.5) is 8.78 Å². The quantitative estimate of drug-likeness (QED) is 0.566. The molecule has 2 heterocycles. The number of halogens is 2. The van der Waals surface area contributed by atoms with E-state index in [0.717, 1.165) is 0 Å². The SMILES string of the molecule is O=C1OC2(c3cc(F)ccc3Oc3ccc(F)cc32)c2ccccc21. The molecule has 0 aromatic heterocycles. The first-order chi connectivity index (χ1) is 12.1. The van der Waals surface area contributed by atoms with E-state index in [4.69, 9.17) is 9.47 Å². The molecule has 0 saturated heterocycles. The maximum absolute atomic E-state index is 14.0. The van der Waals surface area contributed by atoms with Crippen LogP contribution in [0.25, 0.3) is 0 Å². The molecule has 0 unspecified atom stereocenters. The van der Waals surface area contributed by atoms with Crippen LogP contribution in [0.2, 0.25) is 0 Å². The molecule has 3 aromatic rings. The van der Waals surface area contributed by atoms with Crippen LogP contribution in [-0.4, -0.2) is 5.97 Å². The predicted molar refractivity (Wildman–Crippen MR) is 84.6 cm³/mol. The van der Waals surface area contributed by atoms with Crippen LogP contribution < -0.4 is 4.74 Å². The molecule has 2 aliphatic heterocycles. The molecule has 0 N–H and O–H groups in total. The molecule has 0 amide bonds. The lowest BCUT2D eigenvalue weighted by atomic mass is 9.77. The molecule has 0 aliphatic carbocycles. The third kappa shape index (κ3) is 1.75. The lowest BCUT2D eigenvalue weighted by Crippen LogP contribution is -2.33. The summed E-state index contributed by atoms with van der Waals surface area (Å²) >= 11 is 0. The Balaban J connectivity index is 1.93. The molecule has 3 aromatic carbocycles. The molecule has 0 bridgehead atoms. The molecular formula is C20H10F2O3. The fourth-order valence-corrected chi connectivity index (χ4v) is 3.61. The highest BCUT2D eigenvalue weighted by atomic mass is 19.1. The van der Waals surface area contributed by atoms with E-state index in [1.165, 1.54) is 36.4 Å². The molecule has 5 rings (SSSR count). The Hall–Kier alpha value is -3.21. The van der Waals surface area contributed by atoms with Crippen molar-refractivity contribution in [2.75, 3.05) is 0 Å². The number of carbonyl (C=O) groups excluding carboxylic acids is 1. The van der Waals surface area contributed by atoms with E-state index in [9.17, 15) is 13.6 Å². The minimum absolute atomic E-state index is 0.337. The molecule has 25 heavy (non-hydrogen) atoms. The summed E-state index contributed by atoms with van der Waals surface area (Å²) in [7, 11) is 0. The second-order valence-electron chi connectivity index (χ2n) is 6.00. The maximum Gasteiger partial charge on any atom is 0.340 e. The fraction of sp³-hybridized carbons (Fsp3) is 0.0500. The van der Waals surface area contributed by atoms with Crippen molar-refractivity contribution in [1.82, 2.24) is 0 Å². The third-order valence-corrected chi connectivity index (χ3v) is 4.63. The van der Waals surface area contributed by atoms with Crippen molar-refractivity contribution < 1.29 is 23.0 Å². The molecule has 0 atom stereocenters. The lowest BCUT2D eigenvalue weighted by molar-refractivity contribution is 0.0222. The van der Waals surface area contributed by atoms with E-state index < -0.39 is 23.2 Å².